The van der Waals surface area contributed by atoms with Gasteiger partial charge in [-0.3, -0.25) is 10.1 Å². The molecule has 0 heterocycles. The number of halogens is 1. The van der Waals surface area contributed by atoms with Gasteiger partial charge in [0.1, 0.15) is 0 Å². The van der Waals surface area contributed by atoms with Gasteiger partial charge in [-0.1, -0.05) is 6.07 Å². The zero-order chi connectivity index (χ0) is 12.1. The predicted molar refractivity (Wildman–Crippen MR) is 63.4 cm³/mol. The highest BCUT2D eigenvalue weighted by atomic mass is 79.9. The molecule has 6 heteroatoms. The molecule has 0 amide bonds. The van der Waals surface area contributed by atoms with Crippen molar-refractivity contribution in [3.8, 4) is 11.5 Å². The molecular weight excluding hydrogens is 278 g/mol. The van der Waals surface area contributed by atoms with Crippen molar-refractivity contribution >= 4 is 22.0 Å². The van der Waals surface area contributed by atoms with Gasteiger partial charge in [-0.15, -0.1) is 0 Å². The van der Waals surface area contributed by atoms with Crippen LogP contribution in [-0.4, -0.2) is 19.1 Å². The number of methoxy groups -OCH3 is 2. The van der Waals surface area contributed by atoms with Crippen molar-refractivity contribution in [2.45, 2.75) is 0 Å². The normalized spacial score (nSPS) is 11.1. The fraction of sp³-hybridized carbons (Fsp3) is 0.200. The van der Waals surface area contributed by atoms with Crippen LogP contribution < -0.4 is 9.47 Å². The van der Waals surface area contributed by atoms with Crippen molar-refractivity contribution in [1.29, 1.82) is 0 Å². The maximum atomic E-state index is 10.4. The van der Waals surface area contributed by atoms with Gasteiger partial charge >= 0.3 is 4.61 Å². The first kappa shape index (κ1) is 12.5. The topological polar surface area (TPSA) is 61.6 Å². The van der Waals surface area contributed by atoms with E-state index >= 15 is 0 Å². The summed E-state index contributed by atoms with van der Waals surface area (Å²) in [6.45, 7) is 0. The van der Waals surface area contributed by atoms with Crippen LogP contribution in [-0.2, 0) is 0 Å². The van der Waals surface area contributed by atoms with Gasteiger partial charge in [-0.25, -0.2) is 0 Å². The van der Waals surface area contributed by atoms with Crippen LogP contribution in [0.5, 0.6) is 11.5 Å². The van der Waals surface area contributed by atoms with E-state index in [1.807, 2.05) is 0 Å². The number of nitro groups is 1. The highest BCUT2D eigenvalue weighted by molar-refractivity contribution is 9.11. The van der Waals surface area contributed by atoms with Crippen molar-refractivity contribution in [2.24, 2.45) is 0 Å². The van der Waals surface area contributed by atoms with Crippen molar-refractivity contribution in [2.75, 3.05) is 14.2 Å². The fourth-order valence-electron chi connectivity index (χ4n) is 1.13. The fourth-order valence-corrected chi connectivity index (χ4v) is 1.40. The summed E-state index contributed by atoms with van der Waals surface area (Å²) in [5.74, 6) is 1.11. The van der Waals surface area contributed by atoms with Crippen LogP contribution in [0.4, 0.5) is 0 Å². The Labute approximate surface area is 101 Å². The summed E-state index contributed by atoms with van der Waals surface area (Å²) in [4.78, 5) is 9.90. The summed E-state index contributed by atoms with van der Waals surface area (Å²) in [7, 11) is 3.04. The standard InChI is InChI=1S/C10H10BrNO4/c1-15-8-4-3-7(5-9(8)16-2)6-10(11)12(13)14/h3-6H,1-2H3/b10-6+. The Kier molecular flexibility index (Phi) is 4.30. The molecule has 0 atom stereocenters. The van der Waals surface area contributed by atoms with Crippen LogP contribution >= 0.6 is 15.9 Å². The van der Waals surface area contributed by atoms with E-state index in [9.17, 15) is 10.1 Å². The van der Waals surface area contributed by atoms with Gasteiger partial charge in [0.25, 0.3) is 0 Å². The molecule has 1 aromatic carbocycles. The van der Waals surface area contributed by atoms with Crippen molar-refractivity contribution < 1.29 is 14.4 Å². The Balaban J connectivity index is 3.09. The third-order valence-electron chi connectivity index (χ3n) is 1.87. The van der Waals surface area contributed by atoms with E-state index in [2.05, 4.69) is 15.9 Å². The maximum Gasteiger partial charge on any atom is 0.311 e. The SMILES string of the molecule is COc1ccc(/C=C(\Br)[N+](=O)[O-])cc1OC. The summed E-state index contributed by atoms with van der Waals surface area (Å²) in [6, 6.07) is 5.04. The summed E-state index contributed by atoms with van der Waals surface area (Å²) < 4.78 is 10.0. The van der Waals surface area contributed by atoms with E-state index in [1.54, 1.807) is 18.2 Å². The smallest absolute Gasteiger partial charge is 0.311 e. The Morgan fingerprint density at radius 2 is 2.00 bits per heavy atom. The number of nitrogens with zero attached hydrogens (tertiary/aromatic N) is 1. The minimum absolute atomic E-state index is 0.111. The summed E-state index contributed by atoms with van der Waals surface area (Å²) >= 11 is 2.85. The maximum absolute atomic E-state index is 10.4. The number of rotatable bonds is 4. The minimum atomic E-state index is -0.517. The molecular formula is C10H10BrNO4. The van der Waals surface area contributed by atoms with Crippen LogP contribution in [0.15, 0.2) is 22.8 Å². The zero-order valence-corrected chi connectivity index (χ0v) is 10.4. The molecule has 16 heavy (non-hydrogen) atoms. The van der Waals surface area contributed by atoms with Gasteiger partial charge in [0.05, 0.1) is 19.1 Å². The van der Waals surface area contributed by atoms with Crippen molar-refractivity contribution in [3.63, 3.8) is 0 Å². The minimum Gasteiger partial charge on any atom is -0.493 e. The lowest BCUT2D eigenvalue weighted by molar-refractivity contribution is -0.407. The average Bonchev–Trinajstić information content (AvgIpc) is 2.28. The highest BCUT2D eigenvalue weighted by Crippen LogP contribution is 2.28. The summed E-state index contributed by atoms with van der Waals surface area (Å²) in [6.07, 6.45) is 1.39. The zero-order valence-electron chi connectivity index (χ0n) is 8.77. The van der Waals surface area contributed by atoms with E-state index < -0.39 is 4.92 Å². The molecule has 0 aliphatic heterocycles. The van der Waals surface area contributed by atoms with E-state index in [1.165, 1.54) is 20.3 Å². The summed E-state index contributed by atoms with van der Waals surface area (Å²) in [5.41, 5.74) is 0.654. The quantitative estimate of drug-likeness (QED) is 0.485. The molecule has 0 radical (unpaired) electrons. The first-order valence-electron chi connectivity index (χ1n) is 4.32. The molecule has 0 spiro atoms. The number of ether oxygens (including phenoxy) is 2. The van der Waals surface area contributed by atoms with E-state index in [4.69, 9.17) is 9.47 Å². The Hall–Kier alpha value is -1.56. The number of hydrogen-bond acceptors (Lipinski definition) is 4. The third kappa shape index (κ3) is 2.96. The van der Waals surface area contributed by atoms with Gasteiger partial charge in [-0.2, -0.15) is 0 Å². The molecule has 1 aromatic rings. The van der Waals surface area contributed by atoms with Crippen LogP contribution in [0.3, 0.4) is 0 Å². The highest BCUT2D eigenvalue weighted by Gasteiger charge is 2.07. The van der Waals surface area contributed by atoms with Crippen LogP contribution in [0.1, 0.15) is 5.56 Å². The van der Waals surface area contributed by atoms with Gasteiger partial charge in [-0.05, 0) is 17.7 Å². The van der Waals surface area contributed by atoms with Crippen molar-refractivity contribution in [1.82, 2.24) is 0 Å². The molecule has 0 aromatic heterocycles. The summed E-state index contributed by atoms with van der Waals surface area (Å²) in [5, 5.41) is 10.4. The van der Waals surface area contributed by atoms with E-state index in [-0.39, 0.29) is 4.61 Å². The molecule has 0 aliphatic carbocycles. The van der Waals surface area contributed by atoms with Gasteiger partial charge in [0, 0.05) is 22.0 Å². The molecule has 86 valence electrons. The van der Waals surface area contributed by atoms with E-state index in [0.717, 1.165) is 0 Å². The van der Waals surface area contributed by atoms with Gasteiger partial charge in [0.2, 0.25) is 0 Å². The Morgan fingerprint density at radius 3 is 2.50 bits per heavy atom. The van der Waals surface area contributed by atoms with Gasteiger partial charge < -0.3 is 9.47 Å². The van der Waals surface area contributed by atoms with Crippen molar-refractivity contribution in [3.05, 3.63) is 38.5 Å². The monoisotopic (exact) mass is 287 g/mol. The largest absolute Gasteiger partial charge is 0.493 e. The second-order valence-corrected chi connectivity index (χ2v) is 3.65. The first-order chi connectivity index (χ1) is 7.58. The third-order valence-corrected chi connectivity index (χ3v) is 2.39. The molecule has 5 nitrogen and oxygen atoms in total. The van der Waals surface area contributed by atoms with Crippen LogP contribution in [0.25, 0.3) is 6.08 Å². The molecule has 0 saturated heterocycles. The Bertz CT molecular complexity index is 431. The molecule has 0 saturated carbocycles. The van der Waals surface area contributed by atoms with Gasteiger partial charge in [0.15, 0.2) is 11.5 Å². The van der Waals surface area contributed by atoms with Crippen LogP contribution in [0, 0.1) is 10.1 Å². The molecule has 0 aliphatic rings. The molecule has 0 bridgehead atoms. The lowest BCUT2D eigenvalue weighted by Crippen LogP contribution is -1.92. The lowest BCUT2D eigenvalue weighted by atomic mass is 10.2. The molecule has 0 fully saturated rings. The van der Waals surface area contributed by atoms with E-state index in [0.29, 0.717) is 17.1 Å². The number of benzene rings is 1. The predicted octanol–water partition coefficient (Wildman–Crippen LogP) is 2.67. The number of hydrogen-bond donors (Lipinski definition) is 0. The average molecular weight is 288 g/mol. The molecule has 0 unspecified atom stereocenters. The molecule has 0 N–H and O–H groups in total. The molecule has 1 rings (SSSR count). The lowest BCUT2D eigenvalue weighted by Gasteiger charge is -2.07. The second kappa shape index (κ2) is 5.50. The first-order valence-corrected chi connectivity index (χ1v) is 5.11. The Morgan fingerprint density at radius 1 is 1.38 bits per heavy atom. The van der Waals surface area contributed by atoms with Crippen LogP contribution in [0.2, 0.25) is 0 Å². The second-order valence-electron chi connectivity index (χ2n) is 2.84.